The Morgan fingerprint density at radius 3 is 2.32 bits per heavy atom. The van der Waals surface area contributed by atoms with Crippen LogP contribution in [0.3, 0.4) is 0 Å². The SMILES string of the molecule is CC[C@H](C)NC(=O)[C@H](C)N(Cc1ccc(Cl)c(Cl)c1)C(=O)CN(c1ccc2c(c1)OCCO2)S(C)(=O)=O. The van der Waals surface area contributed by atoms with E-state index >= 15 is 0 Å². The van der Waals surface area contributed by atoms with Gasteiger partial charge < -0.3 is 19.7 Å². The Balaban J connectivity index is 1.93. The normalized spacial score (nSPS) is 14.4. The predicted molar refractivity (Wildman–Crippen MR) is 144 cm³/mol. The summed E-state index contributed by atoms with van der Waals surface area (Å²) in [6.07, 6.45) is 1.73. The van der Waals surface area contributed by atoms with E-state index in [1.54, 1.807) is 37.3 Å². The lowest BCUT2D eigenvalue weighted by molar-refractivity contribution is -0.139. The maximum atomic E-state index is 13.6. The molecule has 0 saturated heterocycles. The highest BCUT2D eigenvalue weighted by molar-refractivity contribution is 7.92. The Labute approximate surface area is 227 Å². The molecule has 9 nitrogen and oxygen atoms in total. The molecule has 0 unspecified atom stereocenters. The van der Waals surface area contributed by atoms with Crippen LogP contribution in [0.5, 0.6) is 11.5 Å². The Morgan fingerprint density at radius 2 is 1.70 bits per heavy atom. The third kappa shape index (κ3) is 7.43. The molecule has 0 aliphatic carbocycles. The molecule has 2 aromatic rings. The summed E-state index contributed by atoms with van der Waals surface area (Å²) >= 11 is 12.2. The van der Waals surface area contributed by atoms with Crippen molar-refractivity contribution in [2.45, 2.75) is 45.8 Å². The molecule has 1 aliphatic rings. The number of ether oxygens (including phenoxy) is 2. The molecule has 2 amide bonds. The van der Waals surface area contributed by atoms with Crippen molar-refractivity contribution in [1.82, 2.24) is 10.2 Å². The van der Waals surface area contributed by atoms with Gasteiger partial charge >= 0.3 is 0 Å². The van der Waals surface area contributed by atoms with Crippen molar-refractivity contribution in [2.75, 3.05) is 30.3 Å². The number of halogens is 2. The lowest BCUT2D eigenvalue weighted by atomic mass is 10.1. The van der Waals surface area contributed by atoms with Gasteiger partial charge in [-0.15, -0.1) is 0 Å². The van der Waals surface area contributed by atoms with Crippen molar-refractivity contribution in [3.8, 4) is 11.5 Å². The number of carbonyl (C=O) groups excluding carboxylic acids is 2. The van der Waals surface area contributed by atoms with E-state index in [1.807, 2.05) is 13.8 Å². The Morgan fingerprint density at radius 1 is 1.03 bits per heavy atom. The highest BCUT2D eigenvalue weighted by atomic mass is 35.5. The van der Waals surface area contributed by atoms with Gasteiger partial charge in [-0.25, -0.2) is 8.42 Å². The van der Waals surface area contributed by atoms with E-state index in [9.17, 15) is 18.0 Å². The molecule has 37 heavy (non-hydrogen) atoms. The standard InChI is InChI=1S/C25H31Cl2N3O6S/c1-5-16(2)28-25(32)17(3)29(14-18-6-8-20(26)21(27)12-18)24(31)15-30(37(4,33)34)19-7-9-22-23(13-19)36-11-10-35-22/h6-9,12-13,16-17H,5,10-11,14-15H2,1-4H3,(H,28,32)/t16-,17-/m0/s1. The van der Waals surface area contributed by atoms with Crippen molar-refractivity contribution >= 4 is 50.7 Å². The van der Waals surface area contributed by atoms with Crippen molar-refractivity contribution in [2.24, 2.45) is 0 Å². The number of rotatable bonds is 10. The van der Waals surface area contributed by atoms with E-state index < -0.39 is 28.5 Å². The summed E-state index contributed by atoms with van der Waals surface area (Å²) in [4.78, 5) is 27.9. The van der Waals surface area contributed by atoms with Crippen LogP contribution in [0, 0.1) is 0 Å². The first-order valence-corrected chi connectivity index (χ1v) is 14.4. The fourth-order valence-electron chi connectivity index (χ4n) is 3.68. The second-order valence-corrected chi connectivity index (χ2v) is 11.6. The van der Waals surface area contributed by atoms with Crippen molar-refractivity contribution < 1.29 is 27.5 Å². The molecule has 0 saturated carbocycles. The maximum Gasteiger partial charge on any atom is 0.244 e. The van der Waals surface area contributed by atoms with E-state index in [0.29, 0.717) is 46.7 Å². The second-order valence-electron chi connectivity index (χ2n) is 8.86. The molecule has 0 bridgehead atoms. The molecule has 3 rings (SSSR count). The molecule has 1 aliphatic heterocycles. The quantitative estimate of drug-likeness (QED) is 0.464. The zero-order valence-electron chi connectivity index (χ0n) is 21.2. The Kier molecular flexibility index (Phi) is 9.55. The van der Waals surface area contributed by atoms with Crippen LogP contribution in [-0.4, -0.2) is 63.2 Å². The van der Waals surface area contributed by atoms with Crippen molar-refractivity contribution in [1.29, 1.82) is 0 Å². The number of nitrogens with zero attached hydrogens (tertiary/aromatic N) is 2. The number of sulfonamides is 1. The van der Waals surface area contributed by atoms with Crippen LogP contribution in [0.4, 0.5) is 5.69 Å². The average Bonchev–Trinajstić information content (AvgIpc) is 2.86. The summed E-state index contributed by atoms with van der Waals surface area (Å²) in [6, 6.07) is 8.59. The zero-order chi connectivity index (χ0) is 27.3. The van der Waals surface area contributed by atoms with Gasteiger partial charge in [-0.2, -0.15) is 0 Å². The van der Waals surface area contributed by atoms with Crippen molar-refractivity contribution in [3.05, 3.63) is 52.0 Å². The predicted octanol–water partition coefficient (Wildman–Crippen LogP) is 3.86. The van der Waals surface area contributed by atoms with Crippen LogP contribution < -0.4 is 19.1 Å². The lowest BCUT2D eigenvalue weighted by Gasteiger charge is -2.32. The molecule has 2 aromatic carbocycles. The molecule has 1 N–H and O–H groups in total. The van der Waals surface area contributed by atoms with E-state index in [0.717, 1.165) is 10.6 Å². The smallest absolute Gasteiger partial charge is 0.244 e. The number of nitrogens with one attached hydrogen (secondary N) is 1. The summed E-state index contributed by atoms with van der Waals surface area (Å²) in [5.41, 5.74) is 0.877. The fraction of sp³-hybridized carbons (Fsp3) is 0.440. The average molecular weight is 573 g/mol. The lowest BCUT2D eigenvalue weighted by Crippen LogP contribution is -2.52. The van der Waals surface area contributed by atoms with Gasteiger partial charge in [0.25, 0.3) is 0 Å². The van der Waals surface area contributed by atoms with Gasteiger partial charge in [-0.3, -0.25) is 13.9 Å². The Hall–Kier alpha value is -2.69. The van der Waals surface area contributed by atoms with Crippen LogP contribution >= 0.6 is 23.2 Å². The summed E-state index contributed by atoms with van der Waals surface area (Å²) in [5.74, 6) is -0.0450. The Bertz CT molecular complexity index is 1260. The molecule has 0 aromatic heterocycles. The van der Waals surface area contributed by atoms with Gasteiger partial charge in [0.15, 0.2) is 11.5 Å². The van der Waals surface area contributed by atoms with Gasteiger partial charge in [0, 0.05) is 18.7 Å². The van der Waals surface area contributed by atoms with Crippen LogP contribution in [0.15, 0.2) is 36.4 Å². The highest BCUT2D eigenvalue weighted by Crippen LogP contribution is 2.35. The first-order valence-electron chi connectivity index (χ1n) is 11.8. The van der Waals surface area contributed by atoms with Crippen LogP contribution in [-0.2, 0) is 26.2 Å². The fourth-order valence-corrected chi connectivity index (χ4v) is 4.85. The molecule has 2 atom stereocenters. The highest BCUT2D eigenvalue weighted by Gasteiger charge is 2.31. The second kappa shape index (κ2) is 12.2. The summed E-state index contributed by atoms with van der Waals surface area (Å²) in [6.45, 7) is 5.61. The van der Waals surface area contributed by atoms with Gasteiger partial charge in [-0.1, -0.05) is 36.2 Å². The molecule has 0 spiro atoms. The molecule has 202 valence electrons. The molecular formula is C25H31Cl2N3O6S. The zero-order valence-corrected chi connectivity index (χ0v) is 23.5. The summed E-state index contributed by atoms with van der Waals surface area (Å²) in [5, 5.41) is 3.54. The minimum absolute atomic E-state index is 0.0174. The van der Waals surface area contributed by atoms with Gasteiger partial charge in [-0.05, 0) is 50.1 Å². The molecular weight excluding hydrogens is 541 g/mol. The van der Waals surface area contributed by atoms with E-state index in [4.69, 9.17) is 32.7 Å². The van der Waals surface area contributed by atoms with Crippen LogP contribution in [0.1, 0.15) is 32.8 Å². The number of hydrogen-bond acceptors (Lipinski definition) is 6. The van der Waals surface area contributed by atoms with Gasteiger partial charge in [0.2, 0.25) is 21.8 Å². The molecule has 12 heteroatoms. The van der Waals surface area contributed by atoms with E-state index in [2.05, 4.69) is 5.32 Å². The number of hydrogen-bond donors (Lipinski definition) is 1. The summed E-state index contributed by atoms with van der Waals surface area (Å²) < 4.78 is 37.6. The summed E-state index contributed by atoms with van der Waals surface area (Å²) in [7, 11) is -3.88. The van der Waals surface area contributed by atoms with E-state index in [-0.39, 0.29) is 24.2 Å². The van der Waals surface area contributed by atoms with Crippen LogP contribution in [0.2, 0.25) is 10.0 Å². The van der Waals surface area contributed by atoms with Crippen LogP contribution in [0.25, 0.3) is 0 Å². The topological polar surface area (TPSA) is 105 Å². The molecule has 0 fully saturated rings. The minimum Gasteiger partial charge on any atom is -0.486 e. The molecule has 1 heterocycles. The number of carbonyl (C=O) groups is 2. The third-order valence-electron chi connectivity index (χ3n) is 6.00. The maximum absolute atomic E-state index is 13.6. The number of anilines is 1. The van der Waals surface area contributed by atoms with Gasteiger partial charge in [0.1, 0.15) is 25.8 Å². The number of amides is 2. The third-order valence-corrected chi connectivity index (χ3v) is 7.88. The van der Waals surface area contributed by atoms with Crippen molar-refractivity contribution in [3.63, 3.8) is 0 Å². The number of benzene rings is 2. The van der Waals surface area contributed by atoms with Gasteiger partial charge in [0.05, 0.1) is 22.0 Å². The molecule has 0 radical (unpaired) electrons. The minimum atomic E-state index is -3.88. The monoisotopic (exact) mass is 571 g/mol. The number of fused-ring (bicyclic) bond motifs is 1. The first-order chi connectivity index (χ1) is 17.4. The largest absolute Gasteiger partial charge is 0.486 e. The first kappa shape index (κ1) is 28.9. The van der Waals surface area contributed by atoms with E-state index in [1.165, 1.54) is 11.0 Å².